The molecule has 15 heavy (non-hydrogen) atoms. The van der Waals surface area contributed by atoms with Crippen LogP contribution in [0.1, 0.15) is 10.4 Å². The van der Waals surface area contributed by atoms with Crippen molar-refractivity contribution in [2.45, 2.75) is 0 Å². The van der Waals surface area contributed by atoms with E-state index in [2.05, 4.69) is 0 Å². The molecule has 0 radical (unpaired) electrons. The van der Waals surface area contributed by atoms with E-state index in [1.54, 1.807) is 6.07 Å². The van der Waals surface area contributed by atoms with E-state index in [0.29, 0.717) is 5.56 Å². The Bertz CT molecular complexity index is 489. The maximum atomic E-state index is 10.6. The van der Waals surface area contributed by atoms with Gasteiger partial charge in [-0.15, -0.1) is 11.3 Å². The highest BCUT2D eigenvalue weighted by molar-refractivity contribution is 7.13. The molecule has 0 spiro atoms. The van der Waals surface area contributed by atoms with E-state index in [9.17, 15) is 9.90 Å². The molecule has 76 valence electrons. The molecule has 0 unspecified atom stereocenters. The largest absolute Gasteiger partial charge is 0.507 e. The van der Waals surface area contributed by atoms with Gasteiger partial charge in [-0.1, -0.05) is 6.07 Å². The minimum absolute atomic E-state index is 0.00245. The molecule has 0 aliphatic carbocycles. The normalized spacial score (nSPS) is 10.1. The third-order valence-corrected chi connectivity index (χ3v) is 2.93. The van der Waals surface area contributed by atoms with Crippen molar-refractivity contribution in [1.82, 2.24) is 0 Å². The van der Waals surface area contributed by atoms with Crippen LogP contribution in [0.4, 0.5) is 0 Å². The Balaban J connectivity index is 2.48. The number of aromatic hydroxyl groups is 1. The van der Waals surface area contributed by atoms with Crippen LogP contribution in [-0.2, 0) is 0 Å². The first-order valence-corrected chi connectivity index (χ1v) is 5.16. The summed E-state index contributed by atoms with van der Waals surface area (Å²) in [5, 5.41) is 20.3. The fourth-order valence-corrected chi connectivity index (χ4v) is 2.07. The predicted octanol–water partition coefficient (Wildman–Crippen LogP) is 2.82. The smallest absolute Gasteiger partial charge is 0.335 e. The number of phenols is 1. The van der Waals surface area contributed by atoms with Crippen LogP contribution in [0, 0.1) is 0 Å². The molecule has 1 aromatic heterocycles. The molecule has 2 N–H and O–H groups in total. The zero-order valence-electron chi connectivity index (χ0n) is 7.68. The first-order chi connectivity index (χ1) is 7.18. The summed E-state index contributed by atoms with van der Waals surface area (Å²) in [7, 11) is 0. The van der Waals surface area contributed by atoms with Crippen LogP contribution < -0.4 is 0 Å². The average Bonchev–Trinajstić information content (AvgIpc) is 2.70. The quantitative estimate of drug-likeness (QED) is 0.818. The molecule has 1 heterocycles. The van der Waals surface area contributed by atoms with Gasteiger partial charge in [-0.05, 0) is 29.6 Å². The van der Waals surface area contributed by atoms with Crippen LogP contribution in [0.5, 0.6) is 5.75 Å². The lowest BCUT2D eigenvalue weighted by Crippen LogP contribution is -1.95. The molecular weight excluding hydrogens is 212 g/mol. The molecule has 1 aromatic carbocycles. The second kappa shape index (κ2) is 3.74. The second-order valence-electron chi connectivity index (χ2n) is 3.01. The van der Waals surface area contributed by atoms with Crippen molar-refractivity contribution in [2.75, 3.05) is 0 Å². The Morgan fingerprint density at radius 1 is 1.27 bits per heavy atom. The number of hydrogen-bond donors (Lipinski definition) is 2. The van der Waals surface area contributed by atoms with Gasteiger partial charge in [0.2, 0.25) is 0 Å². The molecule has 0 fully saturated rings. The monoisotopic (exact) mass is 220 g/mol. The number of carboxylic acid groups (broad SMARTS) is 1. The molecule has 0 saturated carbocycles. The van der Waals surface area contributed by atoms with Gasteiger partial charge in [-0.25, -0.2) is 4.79 Å². The van der Waals surface area contributed by atoms with Crippen LogP contribution in [0.15, 0.2) is 35.7 Å². The van der Waals surface area contributed by atoms with Crippen LogP contribution >= 0.6 is 11.3 Å². The van der Waals surface area contributed by atoms with Gasteiger partial charge in [0, 0.05) is 10.4 Å². The van der Waals surface area contributed by atoms with E-state index in [1.165, 1.54) is 23.5 Å². The summed E-state index contributed by atoms with van der Waals surface area (Å²) >= 11 is 1.50. The minimum Gasteiger partial charge on any atom is -0.507 e. The van der Waals surface area contributed by atoms with Crippen molar-refractivity contribution in [3.63, 3.8) is 0 Å². The maximum absolute atomic E-state index is 10.6. The van der Waals surface area contributed by atoms with Crippen molar-refractivity contribution in [3.05, 3.63) is 41.3 Å². The van der Waals surface area contributed by atoms with E-state index in [1.807, 2.05) is 17.5 Å². The Hall–Kier alpha value is -1.81. The first-order valence-electron chi connectivity index (χ1n) is 4.28. The van der Waals surface area contributed by atoms with Gasteiger partial charge < -0.3 is 10.2 Å². The number of hydrogen-bond acceptors (Lipinski definition) is 3. The van der Waals surface area contributed by atoms with Crippen LogP contribution in [0.2, 0.25) is 0 Å². The predicted molar refractivity (Wildman–Crippen MR) is 58.4 cm³/mol. The maximum Gasteiger partial charge on any atom is 0.335 e. The van der Waals surface area contributed by atoms with Gasteiger partial charge in [0.05, 0.1) is 5.56 Å². The molecule has 3 nitrogen and oxygen atoms in total. The van der Waals surface area contributed by atoms with E-state index < -0.39 is 5.97 Å². The number of phenolic OH excluding ortho intramolecular Hbond substituents is 1. The highest BCUT2D eigenvalue weighted by atomic mass is 32.1. The highest BCUT2D eigenvalue weighted by Gasteiger charge is 2.09. The van der Waals surface area contributed by atoms with Gasteiger partial charge in [-0.2, -0.15) is 0 Å². The standard InChI is InChI=1S/C11H8O3S/c12-9-6-7(11(13)14)3-4-8(9)10-2-1-5-15-10/h1-6,12H,(H,13,14). The molecule has 0 saturated heterocycles. The summed E-state index contributed by atoms with van der Waals surface area (Å²) in [6.07, 6.45) is 0. The van der Waals surface area contributed by atoms with Crippen LogP contribution in [0.25, 0.3) is 10.4 Å². The van der Waals surface area contributed by atoms with Crippen molar-refractivity contribution in [3.8, 4) is 16.2 Å². The second-order valence-corrected chi connectivity index (χ2v) is 3.96. The summed E-state index contributed by atoms with van der Waals surface area (Å²) in [6, 6.07) is 8.11. The van der Waals surface area contributed by atoms with Crippen molar-refractivity contribution >= 4 is 17.3 Å². The summed E-state index contributed by atoms with van der Waals surface area (Å²) in [6.45, 7) is 0. The number of thiophene rings is 1. The Kier molecular flexibility index (Phi) is 2.43. The highest BCUT2D eigenvalue weighted by Crippen LogP contribution is 2.32. The minimum atomic E-state index is -1.04. The van der Waals surface area contributed by atoms with E-state index in [-0.39, 0.29) is 11.3 Å². The van der Waals surface area contributed by atoms with Gasteiger partial charge in [0.1, 0.15) is 5.75 Å². The molecule has 2 rings (SSSR count). The molecule has 0 atom stereocenters. The number of benzene rings is 1. The van der Waals surface area contributed by atoms with Crippen molar-refractivity contribution in [2.24, 2.45) is 0 Å². The van der Waals surface area contributed by atoms with E-state index in [0.717, 1.165) is 4.88 Å². The summed E-state index contributed by atoms with van der Waals surface area (Å²) in [4.78, 5) is 11.6. The average molecular weight is 220 g/mol. The van der Waals surface area contributed by atoms with Crippen molar-refractivity contribution < 1.29 is 15.0 Å². The van der Waals surface area contributed by atoms with Crippen LogP contribution in [-0.4, -0.2) is 16.2 Å². The van der Waals surface area contributed by atoms with E-state index in [4.69, 9.17) is 5.11 Å². The summed E-state index contributed by atoms with van der Waals surface area (Å²) in [5.74, 6) is -1.04. The lowest BCUT2D eigenvalue weighted by atomic mass is 10.1. The first kappa shape index (κ1) is 9.73. The zero-order chi connectivity index (χ0) is 10.8. The summed E-state index contributed by atoms with van der Waals surface area (Å²) in [5.41, 5.74) is 0.753. The van der Waals surface area contributed by atoms with Gasteiger partial charge in [0.25, 0.3) is 0 Å². The number of carboxylic acids is 1. The Morgan fingerprint density at radius 3 is 2.60 bits per heavy atom. The van der Waals surface area contributed by atoms with Gasteiger partial charge in [-0.3, -0.25) is 0 Å². The lowest BCUT2D eigenvalue weighted by molar-refractivity contribution is 0.0696. The third-order valence-electron chi connectivity index (χ3n) is 2.03. The van der Waals surface area contributed by atoms with Crippen LogP contribution in [0.3, 0.4) is 0 Å². The molecular formula is C11H8O3S. The van der Waals surface area contributed by atoms with Gasteiger partial charge >= 0.3 is 5.97 Å². The fraction of sp³-hybridized carbons (Fsp3) is 0. The number of carbonyl (C=O) groups is 1. The van der Waals surface area contributed by atoms with Gasteiger partial charge in [0.15, 0.2) is 0 Å². The number of aromatic carboxylic acids is 1. The fourth-order valence-electron chi connectivity index (χ4n) is 1.30. The Labute approximate surface area is 90.2 Å². The summed E-state index contributed by atoms with van der Waals surface area (Å²) < 4.78 is 0. The lowest BCUT2D eigenvalue weighted by Gasteiger charge is -2.02. The molecule has 0 amide bonds. The van der Waals surface area contributed by atoms with E-state index >= 15 is 0 Å². The molecule has 2 aromatic rings. The zero-order valence-corrected chi connectivity index (χ0v) is 8.49. The molecule has 0 aliphatic heterocycles. The SMILES string of the molecule is O=C(O)c1ccc(-c2cccs2)c(O)c1. The molecule has 0 bridgehead atoms. The van der Waals surface area contributed by atoms with Crippen molar-refractivity contribution in [1.29, 1.82) is 0 Å². The topological polar surface area (TPSA) is 57.5 Å². The molecule has 0 aliphatic rings. The molecule has 4 heteroatoms. The third kappa shape index (κ3) is 1.85. The number of rotatable bonds is 2. The Morgan fingerprint density at radius 2 is 2.07 bits per heavy atom.